The molecule has 6 nitrogen and oxygen atoms in total. The van der Waals surface area contributed by atoms with E-state index >= 15 is 0 Å². The molecule has 9 heteroatoms. The van der Waals surface area contributed by atoms with Gasteiger partial charge < -0.3 is 24.2 Å². The van der Waals surface area contributed by atoms with Crippen LogP contribution in [0.5, 0.6) is 5.75 Å². The van der Waals surface area contributed by atoms with E-state index in [4.69, 9.17) is 14.2 Å². The van der Waals surface area contributed by atoms with Crippen LogP contribution in [0.15, 0.2) is 16.6 Å². The van der Waals surface area contributed by atoms with E-state index in [1.54, 1.807) is 6.92 Å². The Kier molecular flexibility index (Phi) is 9.57. The van der Waals surface area contributed by atoms with Gasteiger partial charge in [-0.15, -0.1) is 0 Å². The van der Waals surface area contributed by atoms with Gasteiger partial charge >= 0.3 is 5.97 Å². The fourth-order valence-electron chi connectivity index (χ4n) is 3.05. The van der Waals surface area contributed by atoms with Crippen LogP contribution in [0.3, 0.4) is 0 Å². The normalized spacial score (nSPS) is 16.8. The molecule has 1 fully saturated rings. The van der Waals surface area contributed by atoms with Gasteiger partial charge in [0.25, 0.3) is 0 Å². The lowest BCUT2D eigenvalue weighted by Crippen LogP contribution is -2.42. The molecule has 0 aliphatic carbocycles. The quantitative estimate of drug-likeness (QED) is 0.423. The molecular weight excluding hydrogens is 440 g/mol. The summed E-state index contributed by atoms with van der Waals surface area (Å²) >= 11 is 3.00. The molecule has 158 valence electrons. The summed E-state index contributed by atoms with van der Waals surface area (Å²) in [5, 5.41) is 10.1. The van der Waals surface area contributed by atoms with Gasteiger partial charge in [0.1, 0.15) is 6.61 Å². The first-order chi connectivity index (χ1) is 13.4. The Balaban J connectivity index is 1.60. The van der Waals surface area contributed by atoms with E-state index in [9.17, 15) is 18.7 Å². The average Bonchev–Trinajstić information content (AvgIpc) is 2.64. The third-order valence-corrected chi connectivity index (χ3v) is 4.88. The Labute approximate surface area is 171 Å². The number of β-amino-alcohol motifs (C(OH)–C–C–N with tert-alkyl or cyclic N) is 1. The summed E-state index contributed by atoms with van der Waals surface area (Å²) in [7, 11) is 0. The minimum absolute atomic E-state index is 0.0346. The molecule has 0 aromatic heterocycles. The zero-order chi connectivity index (χ0) is 20.5. The van der Waals surface area contributed by atoms with Crippen LogP contribution >= 0.6 is 15.9 Å². The van der Waals surface area contributed by atoms with Crippen molar-refractivity contribution in [1.29, 1.82) is 0 Å². The van der Waals surface area contributed by atoms with Crippen LogP contribution < -0.4 is 4.74 Å². The molecule has 1 unspecified atom stereocenters. The predicted molar refractivity (Wildman–Crippen MR) is 102 cm³/mol. The fraction of sp³-hybridized carbons (Fsp3) is 0.632. The third-order valence-electron chi connectivity index (χ3n) is 4.42. The van der Waals surface area contributed by atoms with E-state index < -0.39 is 23.5 Å². The van der Waals surface area contributed by atoms with Crippen LogP contribution in [-0.2, 0) is 14.3 Å². The van der Waals surface area contributed by atoms with Gasteiger partial charge in [0, 0.05) is 11.0 Å². The number of carbonyl (C=O) groups is 1. The minimum Gasteiger partial charge on any atom is -0.485 e. The molecule has 1 atom stereocenters. The number of hydrogen-bond acceptors (Lipinski definition) is 6. The Bertz CT molecular complexity index is 618. The number of rotatable bonds is 10. The summed E-state index contributed by atoms with van der Waals surface area (Å²) in [6.45, 7) is 4.20. The summed E-state index contributed by atoms with van der Waals surface area (Å²) in [5.74, 6) is -2.25. The van der Waals surface area contributed by atoms with Gasteiger partial charge in [0.15, 0.2) is 17.4 Å². The Morgan fingerprint density at radius 2 is 1.93 bits per heavy atom. The lowest BCUT2D eigenvalue weighted by molar-refractivity contribution is -0.149. The first-order valence-corrected chi connectivity index (χ1v) is 10.1. The number of likely N-dealkylation sites (tertiary alicyclic amines) is 1. The van der Waals surface area contributed by atoms with E-state index in [0.717, 1.165) is 12.1 Å². The fourth-order valence-corrected chi connectivity index (χ4v) is 3.45. The number of hydrogen-bond donors (Lipinski definition) is 1. The third kappa shape index (κ3) is 7.27. The number of ether oxygens (including phenoxy) is 3. The molecular formula is C19H26BrF2NO5. The number of carbonyl (C=O) groups excluding carboxylic acids is 1. The van der Waals surface area contributed by atoms with Gasteiger partial charge in [0.05, 0.1) is 31.8 Å². The molecule has 1 N–H and O–H groups in total. The second kappa shape index (κ2) is 11.6. The molecule has 2 rings (SSSR count). The zero-order valence-corrected chi connectivity index (χ0v) is 17.4. The number of benzene rings is 1. The van der Waals surface area contributed by atoms with Crippen molar-refractivity contribution in [3.05, 3.63) is 28.2 Å². The van der Waals surface area contributed by atoms with Gasteiger partial charge in [-0.25, -0.2) is 8.78 Å². The van der Waals surface area contributed by atoms with Crippen LogP contribution in [0.1, 0.15) is 19.8 Å². The highest BCUT2D eigenvalue weighted by atomic mass is 79.9. The summed E-state index contributed by atoms with van der Waals surface area (Å²) < 4.78 is 43.0. The minimum atomic E-state index is -0.793. The number of aliphatic hydroxyl groups excluding tert-OH is 1. The van der Waals surface area contributed by atoms with Gasteiger partial charge in [-0.1, -0.05) is 15.9 Å². The van der Waals surface area contributed by atoms with Crippen molar-refractivity contribution < 1.29 is 32.9 Å². The average molecular weight is 466 g/mol. The van der Waals surface area contributed by atoms with Crippen molar-refractivity contribution in [2.24, 2.45) is 5.92 Å². The maximum absolute atomic E-state index is 13.6. The lowest BCUT2D eigenvalue weighted by Gasteiger charge is -2.32. The molecule has 1 aromatic rings. The van der Waals surface area contributed by atoms with E-state index in [1.807, 2.05) is 0 Å². The highest BCUT2D eigenvalue weighted by Gasteiger charge is 2.26. The molecule has 1 aliphatic heterocycles. The van der Waals surface area contributed by atoms with Crippen LogP contribution in [0, 0.1) is 17.6 Å². The van der Waals surface area contributed by atoms with Crippen molar-refractivity contribution in [2.75, 3.05) is 46.1 Å². The molecule has 1 saturated heterocycles. The van der Waals surface area contributed by atoms with Crippen LogP contribution in [0.2, 0.25) is 0 Å². The molecule has 0 spiro atoms. The first-order valence-electron chi connectivity index (χ1n) is 9.32. The predicted octanol–water partition coefficient (Wildman–Crippen LogP) is 2.76. The van der Waals surface area contributed by atoms with E-state index in [2.05, 4.69) is 20.8 Å². The summed E-state index contributed by atoms with van der Waals surface area (Å²) in [6, 6.07) is 2.24. The van der Waals surface area contributed by atoms with Crippen molar-refractivity contribution in [2.45, 2.75) is 25.9 Å². The second-order valence-electron chi connectivity index (χ2n) is 6.60. The molecule has 0 bridgehead atoms. The standard InChI is InChI=1S/C19H26BrF2NO5/c1-2-27-19(25)13-3-5-23(6-4-13)11-15(24)12-26-7-8-28-18-16(21)9-14(20)10-17(18)22/h9-10,13,15,24H,2-8,11-12H2,1H3. The van der Waals surface area contributed by atoms with E-state index in [1.165, 1.54) is 0 Å². The number of piperidine rings is 1. The smallest absolute Gasteiger partial charge is 0.309 e. The second-order valence-corrected chi connectivity index (χ2v) is 7.52. The van der Waals surface area contributed by atoms with Gasteiger partial charge in [-0.3, -0.25) is 4.79 Å². The Hall–Kier alpha value is -1.29. The van der Waals surface area contributed by atoms with E-state index in [-0.39, 0.29) is 31.7 Å². The zero-order valence-electron chi connectivity index (χ0n) is 15.8. The highest BCUT2D eigenvalue weighted by Crippen LogP contribution is 2.25. The van der Waals surface area contributed by atoms with Gasteiger partial charge in [-0.2, -0.15) is 0 Å². The van der Waals surface area contributed by atoms with Crippen molar-refractivity contribution in [3.63, 3.8) is 0 Å². The van der Waals surface area contributed by atoms with Crippen molar-refractivity contribution in [3.8, 4) is 5.75 Å². The molecule has 0 saturated carbocycles. The van der Waals surface area contributed by atoms with Gasteiger partial charge in [-0.05, 0) is 45.0 Å². The van der Waals surface area contributed by atoms with Crippen LogP contribution in [0.25, 0.3) is 0 Å². The summed E-state index contributed by atoms with van der Waals surface area (Å²) in [4.78, 5) is 13.8. The first kappa shape index (κ1) is 23.0. The number of esters is 1. The molecule has 0 amide bonds. The Morgan fingerprint density at radius 1 is 1.29 bits per heavy atom. The molecule has 1 heterocycles. The SMILES string of the molecule is CCOC(=O)C1CCN(CC(O)COCCOc2c(F)cc(Br)cc2F)CC1. The van der Waals surface area contributed by atoms with Crippen molar-refractivity contribution in [1.82, 2.24) is 4.90 Å². The van der Waals surface area contributed by atoms with Crippen molar-refractivity contribution >= 4 is 21.9 Å². The lowest BCUT2D eigenvalue weighted by atomic mass is 9.97. The Morgan fingerprint density at radius 3 is 2.54 bits per heavy atom. The highest BCUT2D eigenvalue weighted by molar-refractivity contribution is 9.10. The number of aliphatic hydroxyl groups is 1. The molecule has 0 radical (unpaired) electrons. The van der Waals surface area contributed by atoms with Crippen LogP contribution in [-0.4, -0.2) is 68.1 Å². The topological polar surface area (TPSA) is 68.2 Å². The maximum Gasteiger partial charge on any atom is 0.309 e. The van der Waals surface area contributed by atoms with E-state index in [0.29, 0.717) is 43.6 Å². The monoisotopic (exact) mass is 465 g/mol. The summed E-state index contributed by atoms with van der Waals surface area (Å²) in [6.07, 6.45) is 0.732. The molecule has 28 heavy (non-hydrogen) atoms. The molecule has 1 aromatic carbocycles. The number of halogens is 3. The summed E-state index contributed by atoms with van der Waals surface area (Å²) in [5.41, 5.74) is 0. The maximum atomic E-state index is 13.6. The number of nitrogens with zero attached hydrogens (tertiary/aromatic N) is 1. The molecule has 1 aliphatic rings. The largest absolute Gasteiger partial charge is 0.485 e. The van der Waals surface area contributed by atoms with Crippen LogP contribution in [0.4, 0.5) is 8.78 Å². The van der Waals surface area contributed by atoms with Gasteiger partial charge in [0.2, 0.25) is 0 Å².